The van der Waals surface area contributed by atoms with Gasteiger partial charge in [-0.05, 0) is 6.42 Å². The highest BCUT2D eigenvalue weighted by Crippen LogP contribution is 1.93. The van der Waals surface area contributed by atoms with Crippen molar-refractivity contribution in [2.75, 3.05) is 6.54 Å². The molecule has 56 valence electrons. The second kappa shape index (κ2) is 2.68. The fourth-order valence-corrected chi connectivity index (χ4v) is 0.889. The third-order valence-corrected chi connectivity index (χ3v) is 1.48. The summed E-state index contributed by atoms with van der Waals surface area (Å²) in [6, 6.07) is -0.318. The van der Waals surface area contributed by atoms with Gasteiger partial charge in [0.05, 0.1) is 6.54 Å². The van der Waals surface area contributed by atoms with Gasteiger partial charge >= 0.3 is 0 Å². The number of rotatable bonds is 1. The molecular weight excluding hydrogens is 132 g/mol. The predicted molar refractivity (Wildman–Crippen MR) is 35.2 cm³/mol. The second-order valence-corrected chi connectivity index (χ2v) is 2.25. The Balaban J connectivity index is 2.53. The summed E-state index contributed by atoms with van der Waals surface area (Å²) < 4.78 is 0. The Morgan fingerprint density at radius 1 is 1.60 bits per heavy atom. The summed E-state index contributed by atoms with van der Waals surface area (Å²) in [7, 11) is 0. The molecule has 1 atom stereocenters. The molecule has 4 nitrogen and oxygen atoms in total. The maximum absolute atomic E-state index is 10.8. The van der Waals surface area contributed by atoms with Gasteiger partial charge in [0.15, 0.2) is 0 Å². The number of piperazine rings is 1. The third kappa shape index (κ3) is 1.26. The zero-order chi connectivity index (χ0) is 7.56. The zero-order valence-electron chi connectivity index (χ0n) is 5.81. The van der Waals surface area contributed by atoms with Crippen molar-refractivity contribution in [1.29, 1.82) is 0 Å². The van der Waals surface area contributed by atoms with Crippen LogP contribution in [0.15, 0.2) is 0 Å². The summed E-state index contributed by atoms with van der Waals surface area (Å²) in [6.45, 7) is 1.98. The normalized spacial score (nSPS) is 25.5. The van der Waals surface area contributed by atoms with E-state index in [0.29, 0.717) is 6.42 Å². The van der Waals surface area contributed by atoms with Gasteiger partial charge in [-0.25, -0.2) is 0 Å². The van der Waals surface area contributed by atoms with E-state index >= 15 is 0 Å². The third-order valence-electron chi connectivity index (χ3n) is 1.48. The molecule has 2 amide bonds. The van der Waals surface area contributed by atoms with Crippen molar-refractivity contribution >= 4 is 11.8 Å². The standard InChI is InChI=1S/C6H10N2O2/c1-2-4-6(10)7-3-5(9)8-4/h4H,2-3H2,1H3,(H,7,10)(H,8,9). The lowest BCUT2D eigenvalue weighted by atomic mass is 10.2. The van der Waals surface area contributed by atoms with Gasteiger partial charge in [-0.2, -0.15) is 0 Å². The van der Waals surface area contributed by atoms with Crippen molar-refractivity contribution in [2.45, 2.75) is 19.4 Å². The lowest BCUT2D eigenvalue weighted by molar-refractivity contribution is -0.133. The highest BCUT2D eigenvalue weighted by molar-refractivity contribution is 5.94. The van der Waals surface area contributed by atoms with Crippen LogP contribution in [0.4, 0.5) is 0 Å². The van der Waals surface area contributed by atoms with Gasteiger partial charge in [0.1, 0.15) is 6.04 Å². The largest absolute Gasteiger partial charge is 0.345 e. The first-order valence-corrected chi connectivity index (χ1v) is 3.31. The van der Waals surface area contributed by atoms with E-state index in [-0.39, 0.29) is 24.4 Å². The van der Waals surface area contributed by atoms with Gasteiger partial charge in [-0.15, -0.1) is 0 Å². The molecule has 1 aliphatic rings. The smallest absolute Gasteiger partial charge is 0.243 e. The van der Waals surface area contributed by atoms with Crippen LogP contribution in [0.2, 0.25) is 0 Å². The van der Waals surface area contributed by atoms with Gasteiger partial charge in [0.25, 0.3) is 0 Å². The molecule has 1 rings (SSSR count). The van der Waals surface area contributed by atoms with Gasteiger partial charge in [0.2, 0.25) is 11.8 Å². The van der Waals surface area contributed by atoms with Crippen LogP contribution in [0, 0.1) is 0 Å². The molecular formula is C6H10N2O2. The van der Waals surface area contributed by atoms with Crippen molar-refractivity contribution in [1.82, 2.24) is 10.6 Å². The maximum Gasteiger partial charge on any atom is 0.243 e. The number of carbonyl (C=O) groups excluding carboxylic acids is 2. The summed E-state index contributed by atoms with van der Waals surface area (Å²) in [5.74, 6) is -0.187. The Bertz CT molecular complexity index is 167. The van der Waals surface area contributed by atoms with Crippen LogP contribution >= 0.6 is 0 Å². The molecule has 1 saturated heterocycles. The van der Waals surface area contributed by atoms with E-state index in [1.54, 1.807) is 0 Å². The van der Waals surface area contributed by atoms with Crippen LogP contribution in [0.3, 0.4) is 0 Å². The highest BCUT2D eigenvalue weighted by Gasteiger charge is 2.23. The molecule has 2 N–H and O–H groups in total. The second-order valence-electron chi connectivity index (χ2n) is 2.25. The van der Waals surface area contributed by atoms with Gasteiger partial charge in [0, 0.05) is 0 Å². The van der Waals surface area contributed by atoms with Crippen molar-refractivity contribution < 1.29 is 9.59 Å². The maximum atomic E-state index is 10.8. The topological polar surface area (TPSA) is 58.2 Å². The van der Waals surface area contributed by atoms with E-state index in [1.165, 1.54) is 0 Å². The first kappa shape index (κ1) is 7.05. The van der Waals surface area contributed by atoms with E-state index in [9.17, 15) is 9.59 Å². The molecule has 0 radical (unpaired) electrons. The van der Waals surface area contributed by atoms with Crippen LogP contribution < -0.4 is 10.6 Å². The molecule has 0 saturated carbocycles. The van der Waals surface area contributed by atoms with Gasteiger partial charge in [-0.1, -0.05) is 6.92 Å². The average Bonchev–Trinajstić information content (AvgIpc) is 1.94. The Labute approximate surface area is 59.0 Å². The first-order chi connectivity index (χ1) is 4.74. The molecule has 1 aliphatic heterocycles. The predicted octanol–water partition coefficient (Wildman–Crippen LogP) is -0.989. The Morgan fingerprint density at radius 2 is 2.30 bits per heavy atom. The summed E-state index contributed by atoms with van der Waals surface area (Å²) >= 11 is 0. The molecule has 0 aliphatic carbocycles. The Morgan fingerprint density at radius 3 is 2.80 bits per heavy atom. The lowest BCUT2D eigenvalue weighted by Crippen LogP contribution is -2.55. The van der Waals surface area contributed by atoms with E-state index in [2.05, 4.69) is 10.6 Å². The molecule has 0 aromatic heterocycles. The fraction of sp³-hybridized carbons (Fsp3) is 0.667. The molecule has 1 unspecified atom stereocenters. The Kier molecular flexibility index (Phi) is 1.89. The van der Waals surface area contributed by atoms with E-state index in [1.807, 2.05) is 6.92 Å². The van der Waals surface area contributed by atoms with Crippen LogP contribution in [-0.4, -0.2) is 24.4 Å². The van der Waals surface area contributed by atoms with Gasteiger partial charge < -0.3 is 10.6 Å². The zero-order valence-corrected chi connectivity index (χ0v) is 5.81. The summed E-state index contributed by atoms with van der Waals surface area (Å²) in [4.78, 5) is 21.5. The number of hydrogen-bond acceptors (Lipinski definition) is 2. The molecule has 1 fully saturated rings. The van der Waals surface area contributed by atoms with E-state index in [4.69, 9.17) is 0 Å². The molecule has 0 bridgehead atoms. The number of amides is 2. The van der Waals surface area contributed by atoms with Crippen LogP contribution in [0.25, 0.3) is 0 Å². The monoisotopic (exact) mass is 142 g/mol. The van der Waals surface area contributed by atoms with Crippen molar-refractivity contribution in [3.05, 3.63) is 0 Å². The highest BCUT2D eigenvalue weighted by atomic mass is 16.2. The molecule has 1 heterocycles. The van der Waals surface area contributed by atoms with Crippen LogP contribution in [0.5, 0.6) is 0 Å². The van der Waals surface area contributed by atoms with Crippen molar-refractivity contribution in [2.24, 2.45) is 0 Å². The average molecular weight is 142 g/mol. The minimum absolute atomic E-state index is 0.0814. The van der Waals surface area contributed by atoms with E-state index in [0.717, 1.165) is 0 Å². The molecule has 0 aromatic carbocycles. The molecule has 0 spiro atoms. The number of hydrogen-bond donors (Lipinski definition) is 2. The summed E-state index contributed by atoms with van der Waals surface area (Å²) in [5.41, 5.74) is 0. The van der Waals surface area contributed by atoms with Crippen molar-refractivity contribution in [3.8, 4) is 0 Å². The minimum atomic E-state index is -0.318. The molecule has 10 heavy (non-hydrogen) atoms. The van der Waals surface area contributed by atoms with Crippen LogP contribution in [-0.2, 0) is 9.59 Å². The quantitative estimate of drug-likeness (QED) is 0.494. The summed E-state index contributed by atoms with van der Waals surface area (Å²) in [5, 5.41) is 5.05. The Hall–Kier alpha value is -1.06. The minimum Gasteiger partial charge on any atom is -0.345 e. The molecule has 4 heteroatoms. The first-order valence-electron chi connectivity index (χ1n) is 3.31. The van der Waals surface area contributed by atoms with E-state index < -0.39 is 0 Å². The van der Waals surface area contributed by atoms with Gasteiger partial charge in [-0.3, -0.25) is 9.59 Å². The van der Waals surface area contributed by atoms with Crippen LogP contribution in [0.1, 0.15) is 13.3 Å². The molecule has 0 aromatic rings. The lowest BCUT2D eigenvalue weighted by Gasteiger charge is -2.21. The number of carbonyl (C=O) groups is 2. The SMILES string of the molecule is CCC1NC(=O)CNC1=O. The summed E-state index contributed by atoms with van der Waals surface area (Å²) in [6.07, 6.45) is 0.650. The van der Waals surface area contributed by atoms with Crippen molar-refractivity contribution in [3.63, 3.8) is 0 Å². The number of nitrogens with one attached hydrogen (secondary N) is 2. The fourth-order valence-electron chi connectivity index (χ4n) is 0.889.